The molecule has 0 saturated carbocycles. The molecule has 17 heavy (non-hydrogen) atoms. The highest BCUT2D eigenvalue weighted by atomic mass is 35.5. The van der Waals surface area contributed by atoms with Crippen molar-refractivity contribution in [2.24, 2.45) is 0 Å². The second-order valence-electron chi connectivity index (χ2n) is 4.91. The number of hydrogen-bond donors (Lipinski definition) is 1. The van der Waals surface area contributed by atoms with Gasteiger partial charge in [-0.05, 0) is 23.6 Å². The van der Waals surface area contributed by atoms with Gasteiger partial charge in [-0.1, -0.05) is 45.0 Å². The van der Waals surface area contributed by atoms with Crippen LogP contribution in [0.1, 0.15) is 37.9 Å². The molecule has 96 valence electrons. The number of carbonyl (C=O) groups is 1. The quantitative estimate of drug-likeness (QED) is 0.890. The summed E-state index contributed by atoms with van der Waals surface area (Å²) in [6.45, 7) is 6.36. The van der Waals surface area contributed by atoms with Gasteiger partial charge in [0, 0.05) is 0 Å². The number of benzene rings is 1. The number of nitrogens with one attached hydrogen (secondary N) is 1. The van der Waals surface area contributed by atoms with Crippen molar-refractivity contribution in [1.82, 2.24) is 5.32 Å². The van der Waals surface area contributed by atoms with E-state index in [4.69, 9.17) is 0 Å². The first kappa shape index (κ1) is 15.9. The zero-order valence-corrected chi connectivity index (χ0v) is 11.4. The second kappa shape index (κ2) is 6.03. The van der Waals surface area contributed by atoms with Crippen LogP contribution < -0.4 is 10.4 Å². The van der Waals surface area contributed by atoms with E-state index in [0.29, 0.717) is 0 Å². The Morgan fingerprint density at radius 2 is 1.71 bits per heavy atom. The van der Waals surface area contributed by atoms with E-state index in [2.05, 4.69) is 26.1 Å². The topological polar surface area (TPSA) is 52.2 Å². The molecule has 1 aromatic rings. The number of hydrogen-bond acceptors (Lipinski definition) is 3. The van der Waals surface area contributed by atoms with Crippen molar-refractivity contribution in [3.8, 4) is 0 Å². The normalized spacial score (nSPS) is 12.7. The highest BCUT2D eigenvalue weighted by Gasteiger charge is 2.15. The minimum absolute atomic E-state index is 0. The van der Waals surface area contributed by atoms with E-state index in [9.17, 15) is 9.90 Å². The monoisotopic (exact) mass is 256 g/mol. The van der Waals surface area contributed by atoms with Crippen LogP contribution in [-0.2, 0) is 10.2 Å². The fourth-order valence-corrected chi connectivity index (χ4v) is 1.60. The Kier molecular flexibility index (Phi) is 5.66. The summed E-state index contributed by atoms with van der Waals surface area (Å²) in [6, 6.07) is 6.84. The molecular weight excluding hydrogens is 238 g/mol. The largest absolute Gasteiger partial charge is 0.548 e. The molecule has 1 rings (SSSR count). The first-order valence-electron chi connectivity index (χ1n) is 5.35. The number of carboxylic acids is 1. The van der Waals surface area contributed by atoms with Gasteiger partial charge in [-0.15, -0.1) is 12.4 Å². The molecule has 0 bridgehead atoms. The Hall–Kier alpha value is -1.06. The van der Waals surface area contributed by atoms with Crippen LogP contribution in [0.3, 0.4) is 0 Å². The van der Waals surface area contributed by atoms with Gasteiger partial charge in [-0.25, -0.2) is 0 Å². The molecule has 0 spiro atoms. The van der Waals surface area contributed by atoms with E-state index >= 15 is 0 Å². The Morgan fingerprint density at radius 1 is 1.24 bits per heavy atom. The molecule has 0 aliphatic rings. The molecule has 0 heterocycles. The second-order valence-corrected chi connectivity index (χ2v) is 4.91. The standard InChI is InChI=1S/C13H19NO2.ClH/c1-13(2,3)10-7-5-9(6-8-10)11(14-4)12(15)16;/h5-8,11,14H,1-4H3,(H,15,16);1H/p-1. The summed E-state index contributed by atoms with van der Waals surface area (Å²) >= 11 is 0. The lowest BCUT2D eigenvalue weighted by atomic mass is 9.86. The summed E-state index contributed by atoms with van der Waals surface area (Å²) in [5, 5.41) is 13.6. The Labute approximate surface area is 109 Å². The molecule has 1 atom stereocenters. The van der Waals surface area contributed by atoms with Crippen LogP contribution in [0.4, 0.5) is 0 Å². The van der Waals surface area contributed by atoms with Crippen molar-refractivity contribution < 1.29 is 9.90 Å². The third-order valence-corrected chi connectivity index (χ3v) is 2.63. The summed E-state index contributed by atoms with van der Waals surface area (Å²) < 4.78 is 0. The maximum absolute atomic E-state index is 10.8. The summed E-state index contributed by atoms with van der Waals surface area (Å²) in [4.78, 5) is 10.8. The van der Waals surface area contributed by atoms with E-state index in [1.807, 2.05) is 24.3 Å². The fraction of sp³-hybridized carbons (Fsp3) is 0.462. The molecule has 0 aliphatic heterocycles. The summed E-state index contributed by atoms with van der Waals surface area (Å²) in [5.74, 6) is -1.11. The van der Waals surface area contributed by atoms with Crippen molar-refractivity contribution >= 4 is 18.4 Å². The van der Waals surface area contributed by atoms with Gasteiger partial charge in [0.15, 0.2) is 0 Å². The lowest BCUT2D eigenvalue weighted by Crippen LogP contribution is -2.36. The fourth-order valence-electron chi connectivity index (χ4n) is 1.60. The molecule has 1 unspecified atom stereocenters. The molecule has 0 aromatic heterocycles. The summed E-state index contributed by atoms with van der Waals surface area (Å²) in [7, 11) is 1.61. The van der Waals surface area contributed by atoms with Crippen molar-refractivity contribution in [3.05, 3.63) is 35.4 Å². The SMILES string of the molecule is CNC(C(=O)[O-])c1ccc(C(C)(C)C)cc1.Cl. The van der Waals surface area contributed by atoms with Crippen molar-refractivity contribution in [3.63, 3.8) is 0 Å². The van der Waals surface area contributed by atoms with E-state index in [-0.39, 0.29) is 17.8 Å². The van der Waals surface area contributed by atoms with Crippen molar-refractivity contribution in [2.45, 2.75) is 32.2 Å². The lowest BCUT2D eigenvalue weighted by Gasteiger charge is -2.21. The van der Waals surface area contributed by atoms with Crippen LogP contribution in [0.2, 0.25) is 0 Å². The Morgan fingerprint density at radius 3 is 2.00 bits per heavy atom. The number of halogens is 1. The lowest BCUT2D eigenvalue weighted by molar-refractivity contribution is -0.308. The van der Waals surface area contributed by atoms with Crippen LogP contribution in [0.15, 0.2) is 24.3 Å². The van der Waals surface area contributed by atoms with Crippen molar-refractivity contribution in [1.29, 1.82) is 0 Å². The van der Waals surface area contributed by atoms with Gasteiger partial charge in [0.1, 0.15) is 0 Å². The maximum atomic E-state index is 10.8. The molecule has 3 nitrogen and oxygen atoms in total. The van der Waals surface area contributed by atoms with Gasteiger partial charge in [0.25, 0.3) is 0 Å². The molecule has 0 saturated heterocycles. The molecule has 4 heteroatoms. The van der Waals surface area contributed by atoms with Gasteiger partial charge in [0.05, 0.1) is 12.0 Å². The van der Waals surface area contributed by atoms with Crippen LogP contribution in [0.5, 0.6) is 0 Å². The minimum atomic E-state index is -1.11. The molecule has 0 radical (unpaired) electrons. The summed E-state index contributed by atoms with van der Waals surface area (Å²) in [5.41, 5.74) is 1.98. The number of aliphatic carboxylic acids is 1. The number of carboxylic acid groups (broad SMARTS) is 1. The van der Waals surface area contributed by atoms with Gasteiger partial charge >= 0.3 is 0 Å². The highest BCUT2D eigenvalue weighted by molar-refractivity contribution is 5.85. The Balaban J connectivity index is 0.00000256. The molecular formula is C13H19ClNO2-. The van der Waals surface area contributed by atoms with E-state index in [0.717, 1.165) is 5.56 Å². The average molecular weight is 257 g/mol. The smallest absolute Gasteiger partial charge is 0.0721 e. The van der Waals surface area contributed by atoms with Gasteiger partial charge in [-0.2, -0.15) is 0 Å². The average Bonchev–Trinajstić information content (AvgIpc) is 2.17. The van der Waals surface area contributed by atoms with E-state index < -0.39 is 12.0 Å². The van der Waals surface area contributed by atoms with Crippen LogP contribution in [-0.4, -0.2) is 13.0 Å². The molecule has 0 fully saturated rings. The predicted octanol–water partition coefficient (Wildman–Crippen LogP) is 1.42. The molecule has 0 aliphatic carbocycles. The van der Waals surface area contributed by atoms with E-state index in [1.165, 1.54) is 5.56 Å². The van der Waals surface area contributed by atoms with E-state index in [1.54, 1.807) is 7.05 Å². The molecule has 0 amide bonds. The maximum Gasteiger partial charge on any atom is 0.0721 e. The van der Waals surface area contributed by atoms with Crippen LogP contribution in [0, 0.1) is 0 Å². The van der Waals surface area contributed by atoms with Gasteiger partial charge in [0.2, 0.25) is 0 Å². The highest BCUT2D eigenvalue weighted by Crippen LogP contribution is 2.23. The van der Waals surface area contributed by atoms with Gasteiger partial charge in [-0.3, -0.25) is 0 Å². The molecule has 1 N–H and O–H groups in total. The Bertz CT molecular complexity index is 368. The first-order chi connectivity index (χ1) is 7.36. The zero-order chi connectivity index (χ0) is 12.3. The predicted molar refractivity (Wildman–Crippen MR) is 69.2 cm³/mol. The minimum Gasteiger partial charge on any atom is -0.548 e. The van der Waals surface area contributed by atoms with Crippen LogP contribution >= 0.6 is 12.4 Å². The van der Waals surface area contributed by atoms with Crippen molar-refractivity contribution in [2.75, 3.05) is 7.05 Å². The number of likely N-dealkylation sites (N-methyl/N-ethyl adjacent to an activating group) is 1. The zero-order valence-electron chi connectivity index (χ0n) is 10.6. The third kappa shape index (κ3) is 4.02. The molecule has 1 aromatic carbocycles. The number of carbonyl (C=O) groups excluding carboxylic acids is 1. The first-order valence-corrected chi connectivity index (χ1v) is 5.35. The third-order valence-electron chi connectivity index (χ3n) is 2.63. The van der Waals surface area contributed by atoms with Crippen LogP contribution in [0.25, 0.3) is 0 Å². The van der Waals surface area contributed by atoms with Gasteiger partial charge < -0.3 is 15.2 Å². The number of rotatable bonds is 3. The summed E-state index contributed by atoms with van der Waals surface area (Å²) in [6.07, 6.45) is 0.